The molecule has 0 bridgehead atoms. The molecule has 8 heteroatoms. The highest BCUT2D eigenvalue weighted by molar-refractivity contribution is 9.10. The van der Waals surface area contributed by atoms with Crippen LogP contribution in [-0.2, 0) is 16.4 Å². The van der Waals surface area contributed by atoms with Gasteiger partial charge in [0.05, 0.1) is 10.7 Å². The summed E-state index contributed by atoms with van der Waals surface area (Å²) >= 11 is 2.93. The van der Waals surface area contributed by atoms with Gasteiger partial charge in [0, 0.05) is 18.7 Å². The number of sulfonamides is 1. The quantitative estimate of drug-likeness (QED) is 0.799. The van der Waals surface area contributed by atoms with Crippen LogP contribution in [0.5, 0.6) is 0 Å². The van der Waals surface area contributed by atoms with Crippen molar-refractivity contribution in [1.82, 2.24) is 4.72 Å². The number of hydrogen-bond donors (Lipinski definition) is 2. The maximum atomic E-state index is 13.8. The summed E-state index contributed by atoms with van der Waals surface area (Å²) in [5, 5.41) is 0. The van der Waals surface area contributed by atoms with E-state index in [1.54, 1.807) is 12.1 Å². The topological polar surface area (TPSA) is 85.3 Å². The van der Waals surface area contributed by atoms with Crippen LogP contribution < -0.4 is 10.5 Å². The summed E-state index contributed by atoms with van der Waals surface area (Å²) in [6, 6.07) is 5.82. The van der Waals surface area contributed by atoms with E-state index in [2.05, 4.69) is 20.7 Å². The van der Waals surface area contributed by atoms with Crippen molar-refractivity contribution >= 4 is 31.6 Å². The lowest BCUT2D eigenvalue weighted by atomic mass is 10.3. The van der Waals surface area contributed by atoms with Crippen LogP contribution in [0, 0.1) is 5.82 Å². The van der Waals surface area contributed by atoms with Gasteiger partial charge in [-0.25, -0.2) is 17.5 Å². The zero-order chi connectivity index (χ0) is 14.8. The molecule has 1 heterocycles. The van der Waals surface area contributed by atoms with Crippen molar-refractivity contribution in [2.45, 2.75) is 11.3 Å². The molecular weight excluding hydrogens is 351 g/mol. The third-order valence-corrected chi connectivity index (χ3v) is 4.59. The van der Waals surface area contributed by atoms with Gasteiger partial charge in [-0.05, 0) is 40.2 Å². The molecule has 0 radical (unpaired) electrons. The summed E-state index contributed by atoms with van der Waals surface area (Å²) in [6.07, 6.45) is 1.87. The minimum Gasteiger partial charge on any atom is -0.469 e. The number of hydrogen-bond acceptors (Lipinski definition) is 4. The molecule has 2 aromatic rings. The minimum atomic E-state index is -3.97. The molecule has 1 aromatic heterocycles. The van der Waals surface area contributed by atoms with Crippen LogP contribution in [0.25, 0.3) is 0 Å². The monoisotopic (exact) mass is 362 g/mol. The number of nitrogens with two attached hydrogens (primary N) is 1. The minimum absolute atomic E-state index is 0.00362. The molecule has 0 atom stereocenters. The number of nitrogen functional groups attached to an aromatic ring is 1. The molecule has 0 fully saturated rings. The number of rotatable bonds is 5. The first-order valence-corrected chi connectivity index (χ1v) is 7.94. The summed E-state index contributed by atoms with van der Waals surface area (Å²) in [5.41, 5.74) is 5.68. The Morgan fingerprint density at radius 2 is 2.15 bits per heavy atom. The maximum absolute atomic E-state index is 13.8. The van der Waals surface area contributed by atoms with E-state index in [-0.39, 0.29) is 16.7 Å². The predicted molar refractivity (Wildman–Crippen MR) is 76.1 cm³/mol. The third-order valence-electron chi connectivity index (χ3n) is 2.55. The zero-order valence-electron chi connectivity index (χ0n) is 10.3. The van der Waals surface area contributed by atoms with Crippen molar-refractivity contribution in [3.63, 3.8) is 0 Å². The van der Waals surface area contributed by atoms with Gasteiger partial charge >= 0.3 is 0 Å². The molecule has 0 aliphatic rings. The van der Waals surface area contributed by atoms with E-state index in [1.807, 2.05) is 0 Å². The number of nitrogens with one attached hydrogen (secondary N) is 1. The molecule has 5 nitrogen and oxygen atoms in total. The lowest BCUT2D eigenvalue weighted by Gasteiger charge is -2.09. The van der Waals surface area contributed by atoms with Crippen LogP contribution >= 0.6 is 15.9 Å². The first kappa shape index (κ1) is 15.0. The van der Waals surface area contributed by atoms with Crippen LogP contribution in [0.15, 0.2) is 44.3 Å². The largest absolute Gasteiger partial charge is 0.469 e. The van der Waals surface area contributed by atoms with Gasteiger partial charge < -0.3 is 10.2 Å². The standard InChI is InChI=1S/C12H12BrFN2O3S/c13-10-6-8(15)7-11(12(10)14)20(17,18)16-4-3-9-2-1-5-19-9/h1-2,5-7,16H,3-4,15H2. The van der Waals surface area contributed by atoms with E-state index in [0.717, 1.165) is 6.07 Å². The fraction of sp³-hybridized carbons (Fsp3) is 0.167. The first-order valence-electron chi connectivity index (χ1n) is 5.67. The summed E-state index contributed by atoms with van der Waals surface area (Å²) in [7, 11) is -3.97. The molecule has 0 aliphatic carbocycles. The van der Waals surface area contributed by atoms with Crippen molar-refractivity contribution in [1.29, 1.82) is 0 Å². The van der Waals surface area contributed by atoms with Gasteiger partial charge in [0.2, 0.25) is 10.0 Å². The van der Waals surface area contributed by atoms with Crippen LogP contribution in [0.3, 0.4) is 0 Å². The van der Waals surface area contributed by atoms with Gasteiger partial charge in [-0.1, -0.05) is 0 Å². The Morgan fingerprint density at radius 1 is 1.40 bits per heavy atom. The summed E-state index contributed by atoms with van der Waals surface area (Å²) in [6.45, 7) is 0.0989. The van der Waals surface area contributed by atoms with Gasteiger partial charge in [-0.15, -0.1) is 0 Å². The smallest absolute Gasteiger partial charge is 0.243 e. The van der Waals surface area contributed by atoms with Gasteiger partial charge in [-0.3, -0.25) is 0 Å². The van der Waals surface area contributed by atoms with Crippen molar-refractivity contribution in [3.05, 3.63) is 46.6 Å². The average Bonchev–Trinajstić information content (AvgIpc) is 2.86. The lowest BCUT2D eigenvalue weighted by molar-refractivity contribution is 0.505. The van der Waals surface area contributed by atoms with Gasteiger partial charge in [0.25, 0.3) is 0 Å². The molecule has 0 spiro atoms. The van der Waals surface area contributed by atoms with E-state index in [1.165, 1.54) is 12.3 Å². The van der Waals surface area contributed by atoms with Crippen molar-refractivity contribution in [2.24, 2.45) is 0 Å². The van der Waals surface area contributed by atoms with Gasteiger partial charge in [0.15, 0.2) is 5.82 Å². The van der Waals surface area contributed by atoms with Crippen molar-refractivity contribution in [3.8, 4) is 0 Å². The molecular formula is C12H12BrFN2O3S. The normalized spacial score (nSPS) is 11.7. The van der Waals surface area contributed by atoms with Crippen molar-refractivity contribution < 1.29 is 17.2 Å². The van der Waals surface area contributed by atoms with Gasteiger partial charge in [-0.2, -0.15) is 0 Å². The van der Waals surface area contributed by atoms with E-state index in [9.17, 15) is 12.8 Å². The highest BCUT2D eigenvalue weighted by atomic mass is 79.9. The van der Waals surface area contributed by atoms with E-state index in [4.69, 9.17) is 10.2 Å². The number of furan rings is 1. The fourth-order valence-electron chi connectivity index (χ4n) is 1.62. The number of benzene rings is 1. The summed E-state index contributed by atoms with van der Waals surface area (Å²) < 4.78 is 45.3. The highest BCUT2D eigenvalue weighted by Gasteiger charge is 2.21. The fourth-order valence-corrected chi connectivity index (χ4v) is 3.39. The zero-order valence-corrected chi connectivity index (χ0v) is 12.7. The second kappa shape index (κ2) is 5.94. The molecule has 1 aromatic carbocycles. The van der Waals surface area contributed by atoms with E-state index < -0.39 is 20.7 Å². The first-order chi connectivity index (χ1) is 9.40. The predicted octanol–water partition coefficient (Wildman–Crippen LogP) is 2.28. The SMILES string of the molecule is Nc1cc(Br)c(F)c(S(=O)(=O)NCCc2ccco2)c1. The van der Waals surface area contributed by atoms with E-state index in [0.29, 0.717) is 12.2 Å². The molecule has 0 saturated heterocycles. The molecule has 20 heavy (non-hydrogen) atoms. The van der Waals surface area contributed by atoms with Crippen LogP contribution in [0.1, 0.15) is 5.76 Å². The van der Waals surface area contributed by atoms with Crippen molar-refractivity contribution in [2.75, 3.05) is 12.3 Å². The Kier molecular flexibility index (Phi) is 4.46. The molecule has 0 saturated carbocycles. The molecule has 0 aliphatic heterocycles. The van der Waals surface area contributed by atoms with Crippen LogP contribution in [-0.4, -0.2) is 15.0 Å². The van der Waals surface area contributed by atoms with Crippen LogP contribution in [0.4, 0.5) is 10.1 Å². The Labute approximate surface area is 124 Å². The third kappa shape index (κ3) is 3.38. The molecule has 3 N–H and O–H groups in total. The Morgan fingerprint density at radius 3 is 2.80 bits per heavy atom. The van der Waals surface area contributed by atoms with Crippen LogP contribution in [0.2, 0.25) is 0 Å². The lowest BCUT2D eigenvalue weighted by Crippen LogP contribution is -2.27. The summed E-state index contributed by atoms with van der Waals surface area (Å²) in [5.74, 6) is -0.230. The molecule has 0 unspecified atom stereocenters. The number of anilines is 1. The maximum Gasteiger partial charge on any atom is 0.243 e. The Balaban J connectivity index is 2.14. The molecule has 2 rings (SSSR count). The second-order valence-corrected chi connectivity index (χ2v) is 6.63. The Bertz CT molecular complexity index is 702. The second-order valence-electron chi connectivity index (χ2n) is 4.04. The van der Waals surface area contributed by atoms with Gasteiger partial charge in [0.1, 0.15) is 10.7 Å². The number of halogens is 2. The highest BCUT2D eigenvalue weighted by Crippen LogP contribution is 2.25. The Hall–Kier alpha value is -1.38. The summed E-state index contributed by atoms with van der Waals surface area (Å²) in [4.78, 5) is -0.483. The molecule has 108 valence electrons. The average molecular weight is 363 g/mol. The molecule has 0 amide bonds. The van der Waals surface area contributed by atoms with E-state index >= 15 is 0 Å².